The number of aliphatic hydroxyl groups is 1. The third-order valence-electron chi connectivity index (χ3n) is 3.93. The Hall–Kier alpha value is -0.0800. The maximum Gasteiger partial charge on any atom is 0.0985 e. The van der Waals surface area contributed by atoms with Gasteiger partial charge in [0.2, 0.25) is 0 Å². The molecular weight excluding hydrogens is 188 g/mol. The summed E-state index contributed by atoms with van der Waals surface area (Å²) >= 11 is 0. The predicted octanol–water partition coefficient (Wildman–Crippen LogP) is 3.13. The van der Waals surface area contributed by atoms with Gasteiger partial charge < -0.3 is 9.84 Å². The van der Waals surface area contributed by atoms with E-state index in [0.29, 0.717) is 5.92 Å². The van der Waals surface area contributed by atoms with Crippen molar-refractivity contribution in [3.63, 3.8) is 0 Å². The van der Waals surface area contributed by atoms with Crippen molar-refractivity contribution in [3.05, 3.63) is 0 Å². The van der Waals surface area contributed by atoms with E-state index in [-0.39, 0.29) is 5.60 Å². The predicted molar refractivity (Wildman–Crippen MR) is 62.9 cm³/mol. The van der Waals surface area contributed by atoms with E-state index in [1.165, 1.54) is 0 Å². The van der Waals surface area contributed by atoms with E-state index in [4.69, 9.17) is 4.74 Å². The molecule has 1 N–H and O–H groups in total. The highest BCUT2D eigenvalue weighted by atomic mass is 16.5. The lowest BCUT2D eigenvalue weighted by molar-refractivity contribution is -0.148. The van der Waals surface area contributed by atoms with Gasteiger partial charge >= 0.3 is 0 Å². The van der Waals surface area contributed by atoms with Crippen molar-refractivity contribution in [1.82, 2.24) is 0 Å². The number of hydrogen-bond donors (Lipinski definition) is 1. The van der Waals surface area contributed by atoms with Crippen LogP contribution >= 0.6 is 0 Å². The Labute approximate surface area is 94.0 Å². The van der Waals surface area contributed by atoms with Gasteiger partial charge in [-0.25, -0.2) is 0 Å². The Balaban J connectivity index is 3.01. The van der Waals surface area contributed by atoms with E-state index < -0.39 is 11.2 Å². The molecule has 1 heterocycles. The molecule has 0 aromatic carbocycles. The molecule has 90 valence electrons. The van der Waals surface area contributed by atoms with Gasteiger partial charge in [0.25, 0.3) is 0 Å². The molecule has 0 aromatic rings. The van der Waals surface area contributed by atoms with Gasteiger partial charge in [-0.15, -0.1) is 0 Å². The molecule has 1 aliphatic heterocycles. The summed E-state index contributed by atoms with van der Waals surface area (Å²) < 4.78 is 5.99. The first-order valence-corrected chi connectivity index (χ1v) is 6.11. The van der Waals surface area contributed by atoms with Crippen molar-refractivity contribution >= 4 is 0 Å². The van der Waals surface area contributed by atoms with Crippen LogP contribution in [-0.2, 0) is 4.74 Å². The zero-order valence-electron chi connectivity index (χ0n) is 11.1. The van der Waals surface area contributed by atoms with Crippen molar-refractivity contribution < 1.29 is 9.84 Å². The lowest BCUT2D eigenvalue weighted by atomic mass is 9.71. The fourth-order valence-corrected chi connectivity index (χ4v) is 3.28. The summed E-state index contributed by atoms with van der Waals surface area (Å²) in [5.74, 6) is 0.328. The van der Waals surface area contributed by atoms with Crippen molar-refractivity contribution in [2.45, 2.75) is 77.6 Å². The number of rotatable bonds is 3. The number of hydrogen-bond acceptors (Lipinski definition) is 2. The maximum atomic E-state index is 10.9. The molecule has 2 heteroatoms. The minimum absolute atomic E-state index is 0.208. The Morgan fingerprint density at radius 1 is 1.13 bits per heavy atom. The molecule has 0 radical (unpaired) electrons. The lowest BCUT2D eigenvalue weighted by Crippen LogP contribution is -2.51. The second-order valence-corrected chi connectivity index (χ2v) is 5.99. The quantitative estimate of drug-likeness (QED) is 0.782. The minimum atomic E-state index is -0.681. The first kappa shape index (κ1) is 13.0. The van der Waals surface area contributed by atoms with Crippen LogP contribution in [0.25, 0.3) is 0 Å². The average molecular weight is 214 g/mol. The summed E-state index contributed by atoms with van der Waals surface area (Å²) in [6.07, 6.45) is 2.76. The van der Waals surface area contributed by atoms with E-state index in [1.807, 2.05) is 13.8 Å². The van der Waals surface area contributed by atoms with Gasteiger partial charge in [-0.3, -0.25) is 0 Å². The molecule has 1 unspecified atom stereocenters. The zero-order valence-corrected chi connectivity index (χ0v) is 11.1. The van der Waals surface area contributed by atoms with E-state index in [9.17, 15) is 5.11 Å². The number of ether oxygens (including phenoxy) is 1. The molecule has 1 aliphatic rings. The molecule has 1 saturated heterocycles. The molecule has 0 aromatic heterocycles. The summed E-state index contributed by atoms with van der Waals surface area (Å²) in [5, 5.41) is 10.9. The van der Waals surface area contributed by atoms with Crippen LogP contribution in [0.2, 0.25) is 0 Å². The van der Waals surface area contributed by atoms with Gasteiger partial charge in [0.1, 0.15) is 0 Å². The molecule has 2 nitrogen and oxygen atoms in total. The summed E-state index contributed by atoms with van der Waals surface area (Å²) in [6.45, 7) is 12.4. The zero-order chi connectivity index (χ0) is 11.9. The molecular formula is C13H26O2. The summed E-state index contributed by atoms with van der Waals surface area (Å²) in [6, 6.07) is 0. The van der Waals surface area contributed by atoms with Crippen LogP contribution in [0, 0.1) is 5.92 Å². The highest BCUT2D eigenvalue weighted by Crippen LogP contribution is 2.50. The normalized spacial score (nSPS) is 33.6. The van der Waals surface area contributed by atoms with Crippen LogP contribution in [0.4, 0.5) is 0 Å². The summed E-state index contributed by atoms with van der Waals surface area (Å²) in [5.41, 5.74) is -1.33. The molecule has 0 spiro atoms. The second-order valence-electron chi connectivity index (χ2n) is 5.99. The van der Waals surface area contributed by atoms with E-state index in [2.05, 4.69) is 27.7 Å². The Kier molecular flexibility index (Phi) is 3.24. The van der Waals surface area contributed by atoms with Crippen molar-refractivity contribution in [2.24, 2.45) is 5.92 Å². The van der Waals surface area contributed by atoms with Crippen LogP contribution < -0.4 is 0 Å². The molecule has 0 amide bonds. The van der Waals surface area contributed by atoms with Gasteiger partial charge in [-0.2, -0.15) is 0 Å². The summed E-state index contributed by atoms with van der Waals surface area (Å²) in [4.78, 5) is 0. The highest BCUT2D eigenvalue weighted by Gasteiger charge is 2.58. The fourth-order valence-electron chi connectivity index (χ4n) is 3.28. The largest absolute Gasteiger partial charge is 0.386 e. The molecule has 1 rings (SSSR count). The highest BCUT2D eigenvalue weighted by molar-refractivity contribution is 5.08. The van der Waals surface area contributed by atoms with Gasteiger partial charge in [-0.05, 0) is 33.6 Å². The Morgan fingerprint density at radius 3 is 1.87 bits per heavy atom. The third kappa shape index (κ3) is 2.07. The molecule has 1 atom stereocenters. The van der Waals surface area contributed by atoms with Crippen molar-refractivity contribution in [2.75, 3.05) is 0 Å². The van der Waals surface area contributed by atoms with E-state index >= 15 is 0 Å². The summed E-state index contributed by atoms with van der Waals surface area (Å²) in [7, 11) is 0. The van der Waals surface area contributed by atoms with Crippen LogP contribution in [0.3, 0.4) is 0 Å². The lowest BCUT2D eigenvalue weighted by Gasteiger charge is -2.40. The molecule has 0 aliphatic carbocycles. The first-order chi connectivity index (χ1) is 6.68. The van der Waals surface area contributed by atoms with Crippen LogP contribution in [0.5, 0.6) is 0 Å². The van der Waals surface area contributed by atoms with Gasteiger partial charge in [0.05, 0.1) is 16.8 Å². The Morgan fingerprint density at radius 2 is 1.60 bits per heavy atom. The van der Waals surface area contributed by atoms with E-state index in [1.54, 1.807) is 0 Å². The molecule has 0 bridgehead atoms. The molecule has 0 saturated carbocycles. The SMILES string of the molecule is CCC(CC)C1(O)CC(C)(C)OC1(C)C. The van der Waals surface area contributed by atoms with Crippen molar-refractivity contribution in [3.8, 4) is 0 Å². The van der Waals surface area contributed by atoms with Gasteiger partial charge in [0.15, 0.2) is 0 Å². The third-order valence-corrected chi connectivity index (χ3v) is 3.93. The minimum Gasteiger partial charge on any atom is -0.386 e. The average Bonchev–Trinajstić information content (AvgIpc) is 2.18. The van der Waals surface area contributed by atoms with Crippen LogP contribution in [0.15, 0.2) is 0 Å². The monoisotopic (exact) mass is 214 g/mol. The second kappa shape index (κ2) is 3.74. The standard InChI is InChI=1S/C13H26O2/c1-7-10(8-2)13(14)9-11(3,4)15-12(13,5)6/h10,14H,7-9H2,1-6H3. The molecule has 1 fully saturated rings. The van der Waals surface area contributed by atoms with E-state index in [0.717, 1.165) is 19.3 Å². The van der Waals surface area contributed by atoms with Gasteiger partial charge in [0, 0.05) is 6.42 Å². The first-order valence-electron chi connectivity index (χ1n) is 6.11. The maximum absolute atomic E-state index is 10.9. The fraction of sp³-hybridized carbons (Fsp3) is 1.00. The smallest absolute Gasteiger partial charge is 0.0985 e. The van der Waals surface area contributed by atoms with Crippen LogP contribution in [-0.4, -0.2) is 21.9 Å². The Bertz CT molecular complexity index is 229. The van der Waals surface area contributed by atoms with Crippen LogP contribution in [0.1, 0.15) is 60.8 Å². The molecule has 15 heavy (non-hydrogen) atoms. The topological polar surface area (TPSA) is 29.5 Å². The van der Waals surface area contributed by atoms with Gasteiger partial charge in [-0.1, -0.05) is 26.7 Å². The van der Waals surface area contributed by atoms with Crippen molar-refractivity contribution in [1.29, 1.82) is 0 Å².